The van der Waals surface area contributed by atoms with Gasteiger partial charge in [-0.3, -0.25) is 5.32 Å². The molecular formula is C16H23NO5. The van der Waals surface area contributed by atoms with Crippen LogP contribution in [0, 0.1) is 0 Å². The van der Waals surface area contributed by atoms with Crippen molar-refractivity contribution in [3.63, 3.8) is 0 Å². The van der Waals surface area contributed by atoms with Crippen molar-refractivity contribution in [2.75, 3.05) is 19.0 Å². The average molecular weight is 309 g/mol. The molecule has 0 aromatic heterocycles. The van der Waals surface area contributed by atoms with Gasteiger partial charge in [-0.2, -0.15) is 0 Å². The van der Waals surface area contributed by atoms with Gasteiger partial charge in [0.2, 0.25) is 0 Å². The van der Waals surface area contributed by atoms with Crippen LogP contribution in [0.15, 0.2) is 12.1 Å². The predicted molar refractivity (Wildman–Crippen MR) is 82.5 cm³/mol. The maximum absolute atomic E-state index is 11.9. The van der Waals surface area contributed by atoms with Crippen LogP contribution in [-0.4, -0.2) is 35.6 Å². The average Bonchev–Trinajstić information content (AvgIpc) is 3.20. The largest absolute Gasteiger partial charge is 0.503 e. The molecule has 0 radical (unpaired) electrons. The number of aliphatic hydroxyl groups excluding tert-OH is 1. The Morgan fingerprint density at radius 2 is 2.00 bits per heavy atom. The molecule has 0 spiro atoms. The second kappa shape index (κ2) is 5.68. The number of methoxy groups -OCH3 is 1. The number of benzene rings is 1. The molecule has 0 aliphatic heterocycles. The second-order valence-electron chi connectivity index (χ2n) is 6.64. The smallest absolute Gasteiger partial charge is 0.412 e. The summed E-state index contributed by atoms with van der Waals surface area (Å²) in [6, 6.07) is 3.35. The van der Waals surface area contributed by atoms with Gasteiger partial charge in [0.05, 0.1) is 19.4 Å². The van der Waals surface area contributed by atoms with Crippen molar-refractivity contribution in [2.24, 2.45) is 0 Å². The van der Waals surface area contributed by atoms with Crippen molar-refractivity contribution in [1.29, 1.82) is 0 Å². The Morgan fingerprint density at radius 1 is 1.36 bits per heavy atom. The van der Waals surface area contributed by atoms with Crippen molar-refractivity contribution in [3.8, 4) is 11.5 Å². The number of phenols is 1. The summed E-state index contributed by atoms with van der Waals surface area (Å²) in [6.45, 7) is 5.30. The molecule has 0 atom stereocenters. The minimum Gasteiger partial charge on any atom is -0.503 e. The SMILES string of the molecule is COc1cc(C2(CO)CC2)cc(NC(=O)OC(C)(C)C)c1O. The van der Waals surface area contributed by atoms with Gasteiger partial charge in [-0.25, -0.2) is 4.79 Å². The van der Waals surface area contributed by atoms with E-state index in [1.165, 1.54) is 7.11 Å². The predicted octanol–water partition coefficient (Wildman–Crippen LogP) is 2.77. The molecule has 1 aromatic carbocycles. The molecule has 0 heterocycles. The molecule has 22 heavy (non-hydrogen) atoms. The van der Waals surface area contributed by atoms with E-state index in [1.807, 2.05) is 0 Å². The summed E-state index contributed by atoms with van der Waals surface area (Å²) in [5.74, 6) is 0.0918. The molecule has 2 rings (SSSR count). The maximum atomic E-state index is 11.9. The zero-order chi connectivity index (χ0) is 16.5. The van der Waals surface area contributed by atoms with E-state index in [0.29, 0.717) is 0 Å². The Morgan fingerprint density at radius 3 is 2.45 bits per heavy atom. The number of nitrogens with one attached hydrogen (secondary N) is 1. The lowest BCUT2D eigenvalue weighted by Crippen LogP contribution is -2.27. The molecule has 1 saturated carbocycles. The van der Waals surface area contributed by atoms with Crippen LogP contribution in [-0.2, 0) is 10.2 Å². The van der Waals surface area contributed by atoms with Crippen LogP contribution in [0.4, 0.5) is 10.5 Å². The first-order valence-corrected chi connectivity index (χ1v) is 7.23. The molecule has 6 nitrogen and oxygen atoms in total. The Labute approximate surface area is 130 Å². The third kappa shape index (κ3) is 3.44. The summed E-state index contributed by atoms with van der Waals surface area (Å²) >= 11 is 0. The van der Waals surface area contributed by atoms with E-state index in [1.54, 1.807) is 32.9 Å². The topological polar surface area (TPSA) is 88.0 Å². The number of phenolic OH excluding ortho intramolecular Hbond substituents is 1. The van der Waals surface area contributed by atoms with Crippen molar-refractivity contribution in [3.05, 3.63) is 17.7 Å². The fraction of sp³-hybridized carbons (Fsp3) is 0.562. The number of amides is 1. The van der Waals surface area contributed by atoms with Crippen LogP contribution in [0.2, 0.25) is 0 Å². The first-order valence-electron chi connectivity index (χ1n) is 7.23. The van der Waals surface area contributed by atoms with Gasteiger partial charge in [0.15, 0.2) is 11.5 Å². The number of carbonyl (C=O) groups is 1. The number of aromatic hydroxyl groups is 1. The van der Waals surface area contributed by atoms with E-state index in [0.717, 1.165) is 18.4 Å². The summed E-state index contributed by atoms with van der Waals surface area (Å²) in [7, 11) is 1.44. The Kier molecular flexibility index (Phi) is 4.24. The molecule has 122 valence electrons. The molecule has 0 unspecified atom stereocenters. The highest BCUT2D eigenvalue weighted by molar-refractivity contribution is 5.88. The monoisotopic (exact) mass is 309 g/mol. The molecule has 1 aromatic rings. The molecule has 0 saturated heterocycles. The van der Waals surface area contributed by atoms with Gasteiger partial charge in [0.1, 0.15) is 5.60 Å². The number of hydrogen-bond acceptors (Lipinski definition) is 5. The standard InChI is InChI=1S/C16H23NO5/c1-15(2,3)22-14(20)17-11-7-10(16(9-18)5-6-16)8-12(21-4)13(11)19/h7-8,18-19H,5-6,9H2,1-4H3,(H,17,20). The first-order chi connectivity index (χ1) is 10.2. The Balaban J connectivity index is 2.30. The van der Waals surface area contributed by atoms with E-state index in [2.05, 4.69) is 5.32 Å². The highest BCUT2D eigenvalue weighted by Crippen LogP contribution is 2.51. The quantitative estimate of drug-likeness (QED) is 0.744. The molecule has 6 heteroatoms. The number of anilines is 1. The van der Waals surface area contributed by atoms with E-state index >= 15 is 0 Å². The second-order valence-corrected chi connectivity index (χ2v) is 6.64. The zero-order valence-electron chi connectivity index (χ0n) is 13.4. The lowest BCUT2D eigenvalue weighted by Gasteiger charge is -2.21. The van der Waals surface area contributed by atoms with Crippen molar-refractivity contribution >= 4 is 11.8 Å². The highest BCUT2D eigenvalue weighted by atomic mass is 16.6. The first kappa shape index (κ1) is 16.4. The van der Waals surface area contributed by atoms with Crippen LogP contribution < -0.4 is 10.1 Å². The Bertz CT molecular complexity index is 573. The van der Waals surface area contributed by atoms with Crippen LogP contribution in [0.25, 0.3) is 0 Å². The zero-order valence-corrected chi connectivity index (χ0v) is 13.4. The summed E-state index contributed by atoms with van der Waals surface area (Å²) in [5, 5.41) is 22.2. The van der Waals surface area contributed by atoms with Gasteiger partial charge in [-0.05, 0) is 51.3 Å². The minimum absolute atomic E-state index is 0.0206. The fourth-order valence-corrected chi connectivity index (χ4v) is 2.27. The van der Waals surface area contributed by atoms with Gasteiger partial charge in [-0.15, -0.1) is 0 Å². The summed E-state index contributed by atoms with van der Waals surface area (Å²) < 4.78 is 10.3. The van der Waals surface area contributed by atoms with Crippen molar-refractivity contribution in [1.82, 2.24) is 0 Å². The van der Waals surface area contributed by atoms with Crippen LogP contribution in [0.3, 0.4) is 0 Å². The van der Waals surface area contributed by atoms with E-state index in [4.69, 9.17) is 9.47 Å². The number of rotatable bonds is 4. The van der Waals surface area contributed by atoms with Crippen molar-refractivity contribution < 1.29 is 24.5 Å². The number of carbonyl (C=O) groups excluding carboxylic acids is 1. The molecule has 1 fully saturated rings. The summed E-state index contributed by atoms with van der Waals surface area (Å²) in [5.41, 5.74) is 0.106. The highest BCUT2D eigenvalue weighted by Gasteiger charge is 2.44. The maximum Gasteiger partial charge on any atom is 0.412 e. The third-order valence-corrected chi connectivity index (χ3v) is 3.70. The number of aliphatic hydroxyl groups is 1. The number of hydrogen-bond donors (Lipinski definition) is 3. The van der Waals surface area contributed by atoms with Gasteiger partial charge in [0, 0.05) is 5.41 Å². The Hall–Kier alpha value is -1.95. The molecule has 1 aliphatic carbocycles. The fourth-order valence-electron chi connectivity index (χ4n) is 2.27. The van der Waals surface area contributed by atoms with E-state index in [9.17, 15) is 15.0 Å². The summed E-state index contributed by atoms with van der Waals surface area (Å²) in [6.07, 6.45) is 1.07. The van der Waals surface area contributed by atoms with Gasteiger partial charge in [-0.1, -0.05) is 0 Å². The van der Waals surface area contributed by atoms with Crippen LogP contribution in [0.5, 0.6) is 11.5 Å². The normalized spacial score (nSPS) is 16.0. The molecule has 1 amide bonds. The molecule has 0 bridgehead atoms. The third-order valence-electron chi connectivity index (χ3n) is 3.70. The van der Waals surface area contributed by atoms with Crippen LogP contribution >= 0.6 is 0 Å². The molecule has 3 N–H and O–H groups in total. The summed E-state index contributed by atoms with van der Waals surface area (Å²) in [4.78, 5) is 11.9. The van der Waals surface area contributed by atoms with E-state index < -0.39 is 11.7 Å². The van der Waals surface area contributed by atoms with Gasteiger partial charge >= 0.3 is 6.09 Å². The lowest BCUT2D eigenvalue weighted by molar-refractivity contribution is 0.0635. The number of ether oxygens (including phenoxy) is 2. The molecular weight excluding hydrogens is 286 g/mol. The minimum atomic E-state index is -0.657. The molecule has 1 aliphatic rings. The van der Waals surface area contributed by atoms with Gasteiger partial charge < -0.3 is 19.7 Å². The van der Waals surface area contributed by atoms with Crippen LogP contribution in [0.1, 0.15) is 39.2 Å². The lowest BCUT2D eigenvalue weighted by atomic mass is 9.96. The van der Waals surface area contributed by atoms with E-state index in [-0.39, 0.29) is 29.2 Å². The van der Waals surface area contributed by atoms with Gasteiger partial charge in [0.25, 0.3) is 0 Å². The van der Waals surface area contributed by atoms with Crippen molar-refractivity contribution in [2.45, 2.75) is 44.6 Å².